The van der Waals surface area contributed by atoms with Crippen LogP contribution in [0.5, 0.6) is 0 Å². The summed E-state index contributed by atoms with van der Waals surface area (Å²) in [5.41, 5.74) is 1.74. The summed E-state index contributed by atoms with van der Waals surface area (Å²) >= 11 is 0. The average Bonchev–Trinajstić information content (AvgIpc) is 2.35. The van der Waals surface area contributed by atoms with Crippen LogP contribution < -0.4 is 11.3 Å². The minimum Gasteiger partial charge on any atom is -0.324 e. The highest BCUT2D eigenvalue weighted by molar-refractivity contribution is 7.89. The van der Waals surface area contributed by atoms with Gasteiger partial charge in [-0.2, -0.15) is 0 Å². The average molecular weight is 316 g/mol. The number of nitrogens with zero attached hydrogens (tertiary/aromatic N) is 2. The van der Waals surface area contributed by atoms with E-state index in [0.29, 0.717) is 0 Å². The van der Waals surface area contributed by atoms with Gasteiger partial charge in [-0.25, -0.2) is 12.7 Å². The van der Waals surface area contributed by atoms with E-state index in [9.17, 15) is 18.5 Å². The molecule has 9 heteroatoms. The van der Waals surface area contributed by atoms with E-state index >= 15 is 0 Å². The molecule has 0 saturated carbocycles. The van der Waals surface area contributed by atoms with Gasteiger partial charge in [-0.15, -0.1) is 0 Å². The van der Waals surface area contributed by atoms with Crippen molar-refractivity contribution in [2.75, 3.05) is 19.0 Å². The lowest BCUT2D eigenvalue weighted by atomic mass is 9.97. The van der Waals surface area contributed by atoms with Crippen LogP contribution in [0.3, 0.4) is 0 Å². The molecular weight excluding hydrogens is 296 g/mol. The van der Waals surface area contributed by atoms with Crippen molar-refractivity contribution < 1.29 is 13.3 Å². The largest absolute Gasteiger partial charge is 0.324 e. The van der Waals surface area contributed by atoms with Gasteiger partial charge < -0.3 is 5.43 Å². The van der Waals surface area contributed by atoms with E-state index in [1.165, 1.54) is 19.2 Å². The highest BCUT2D eigenvalue weighted by Crippen LogP contribution is 2.30. The molecule has 0 aliphatic carbocycles. The van der Waals surface area contributed by atoms with Crippen molar-refractivity contribution in [3.8, 4) is 0 Å². The molecule has 0 saturated heterocycles. The fraction of sp³-hybridized carbons (Fsp3) is 0.500. The third-order valence-electron chi connectivity index (χ3n) is 2.71. The molecule has 0 aliphatic rings. The Bertz CT molecular complexity index is 637. The number of nitro groups is 1. The summed E-state index contributed by atoms with van der Waals surface area (Å²) in [6.45, 7) is 5.89. The molecule has 0 unspecified atom stereocenters. The van der Waals surface area contributed by atoms with Crippen LogP contribution in [0.1, 0.15) is 20.8 Å². The predicted octanol–water partition coefficient (Wildman–Crippen LogP) is 1.55. The van der Waals surface area contributed by atoms with Crippen molar-refractivity contribution in [2.45, 2.75) is 25.7 Å². The SMILES string of the molecule is CN(CC(C)(C)C)S(=O)(=O)c1ccc(NN)cc1[N+](=O)[O-]. The highest BCUT2D eigenvalue weighted by atomic mass is 32.2. The van der Waals surface area contributed by atoms with Gasteiger partial charge in [-0.1, -0.05) is 20.8 Å². The Hall–Kier alpha value is -1.71. The van der Waals surface area contributed by atoms with Crippen molar-refractivity contribution in [3.05, 3.63) is 28.3 Å². The maximum Gasteiger partial charge on any atom is 0.291 e. The molecule has 1 aromatic carbocycles. The molecule has 8 nitrogen and oxygen atoms in total. The maximum atomic E-state index is 12.5. The molecule has 0 spiro atoms. The first kappa shape index (κ1) is 17.3. The smallest absolute Gasteiger partial charge is 0.291 e. The quantitative estimate of drug-likeness (QED) is 0.483. The van der Waals surface area contributed by atoms with Crippen LogP contribution in [0.4, 0.5) is 11.4 Å². The minimum atomic E-state index is -3.95. The van der Waals surface area contributed by atoms with Crippen molar-refractivity contribution in [3.63, 3.8) is 0 Å². The number of hydrazine groups is 1. The zero-order valence-electron chi connectivity index (χ0n) is 12.5. The monoisotopic (exact) mass is 316 g/mol. The van der Waals surface area contributed by atoms with E-state index in [4.69, 9.17) is 5.84 Å². The molecular formula is C12H20N4O4S. The third kappa shape index (κ3) is 4.13. The van der Waals surface area contributed by atoms with Gasteiger partial charge in [0.25, 0.3) is 5.69 Å². The number of nitro benzene ring substituents is 1. The number of nitrogen functional groups attached to an aromatic ring is 1. The van der Waals surface area contributed by atoms with Gasteiger partial charge in [0, 0.05) is 19.7 Å². The first-order valence-electron chi connectivity index (χ1n) is 6.20. The number of hydrogen-bond donors (Lipinski definition) is 2. The van der Waals surface area contributed by atoms with E-state index in [-0.39, 0.29) is 22.5 Å². The molecule has 1 rings (SSSR count). The molecule has 0 bridgehead atoms. The van der Waals surface area contributed by atoms with E-state index in [1.54, 1.807) is 0 Å². The van der Waals surface area contributed by atoms with Crippen LogP contribution in [0, 0.1) is 15.5 Å². The Labute approximate surface area is 124 Å². The van der Waals surface area contributed by atoms with Crippen LogP contribution in [0.2, 0.25) is 0 Å². The van der Waals surface area contributed by atoms with Crippen molar-refractivity contribution in [2.24, 2.45) is 11.3 Å². The number of sulfonamides is 1. The summed E-state index contributed by atoms with van der Waals surface area (Å²) in [4.78, 5) is 10.0. The van der Waals surface area contributed by atoms with Crippen LogP contribution >= 0.6 is 0 Å². The highest BCUT2D eigenvalue weighted by Gasteiger charge is 2.31. The van der Waals surface area contributed by atoms with E-state index in [0.717, 1.165) is 10.4 Å². The fourth-order valence-corrected chi connectivity index (χ4v) is 3.42. The van der Waals surface area contributed by atoms with Gasteiger partial charge in [0.15, 0.2) is 4.90 Å². The lowest BCUT2D eigenvalue weighted by molar-refractivity contribution is -0.387. The molecule has 0 aliphatic heterocycles. The zero-order chi connectivity index (χ0) is 16.4. The maximum absolute atomic E-state index is 12.5. The van der Waals surface area contributed by atoms with Gasteiger partial charge >= 0.3 is 0 Å². The first-order chi connectivity index (χ1) is 9.49. The predicted molar refractivity (Wildman–Crippen MR) is 80.2 cm³/mol. The van der Waals surface area contributed by atoms with Gasteiger partial charge in [0.05, 0.1) is 10.6 Å². The number of rotatable bonds is 5. The third-order valence-corrected chi connectivity index (χ3v) is 4.56. The molecule has 0 aromatic heterocycles. The zero-order valence-corrected chi connectivity index (χ0v) is 13.3. The number of anilines is 1. The summed E-state index contributed by atoms with van der Waals surface area (Å²) in [6.07, 6.45) is 0. The molecule has 0 amide bonds. The normalized spacial score (nSPS) is 12.5. The van der Waals surface area contributed by atoms with Crippen molar-refractivity contribution in [1.29, 1.82) is 0 Å². The Balaban J connectivity index is 3.34. The second-order valence-corrected chi connectivity index (χ2v) is 7.92. The molecule has 21 heavy (non-hydrogen) atoms. The van der Waals surface area contributed by atoms with Crippen LogP contribution in [0.15, 0.2) is 23.1 Å². The van der Waals surface area contributed by atoms with Crippen LogP contribution in [0.25, 0.3) is 0 Å². The standard InChI is InChI=1S/C12H20N4O4S/c1-12(2,3)8-15(4)21(19,20)11-6-5-9(14-13)7-10(11)16(17)18/h5-7,14H,8,13H2,1-4H3. The Morgan fingerprint density at radius 3 is 2.38 bits per heavy atom. The molecule has 1 aromatic rings. The van der Waals surface area contributed by atoms with Crippen molar-refractivity contribution >= 4 is 21.4 Å². The number of benzene rings is 1. The van der Waals surface area contributed by atoms with Crippen LogP contribution in [-0.2, 0) is 10.0 Å². The minimum absolute atomic E-state index is 0.239. The number of hydrogen-bond acceptors (Lipinski definition) is 6. The van der Waals surface area contributed by atoms with E-state index in [1.807, 2.05) is 20.8 Å². The molecule has 0 fully saturated rings. The summed E-state index contributed by atoms with van der Waals surface area (Å²) in [5, 5.41) is 11.1. The topological polar surface area (TPSA) is 119 Å². The van der Waals surface area contributed by atoms with E-state index < -0.39 is 20.6 Å². The summed E-state index contributed by atoms with van der Waals surface area (Å²) in [7, 11) is -2.55. The van der Waals surface area contributed by atoms with Gasteiger partial charge in [0.2, 0.25) is 10.0 Å². The van der Waals surface area contributed by atoms with E-state index in [2.05, 4.69) is 5.43 Å². The van der Waals surface area contributed by atoms with Crippen LogP contribution in [-0.4, -0.2) is 31.2 Å². The molecule has 118 valence electrons. The van der Waals surface area contributed by atoms with Gasteiger partial charge in [-0.05, 0) is 17.5 Å². The number of nitrogens with two attached hydrogens (primary N) is 1. The van der Waals surface area contributed by atoms with Gasteiger partial charge in [0.1, 0.15) is 0 Å². The molecule has 3 N–H and O–H groups in total. The lowest BCUT2D eigenvalue weighted by Gasteiger charge is -2.26. The van der Waals surface area contributed by atoms with Gasteiger partial charge in [-0.3, -0.25) is 16.0 Å². The summed E-state index contributed by atoms with van der Waals surface area (Å²) < 4.78 is 26.1. The Kier molecular flexibility index (Phi) is 4.92. The Morgan fingerprint density at radius 2 is 1.95 bits per heavy atom. The second-order valence-electron chi connectivity index (χ2n) is 5.91. The van der Waals surface area contributed by atoms with Crippen molar-refractivity contribution in [1.82, 2.24) is 4.31 Å². The second kappa shape index (κ2) is 5.96. The first-order valence-corrected chi connectivity index (χ1v) is 7.64. The molecule has 0 radical (unpaired) electrons. The molecule has 0 heterocycles. The summed E-state index contributed by atoms with van der Waals surface area (Å²) in [6, 6.07) is 3.66. The summed E-state index contributed by atoms with van der Waals surface area (Å²) in [5.74, 6) is 5.19. The fourth-order valence-electron chi connectivity index (χ4n) is 1.89. The Morgan fingerprint density at radius 1 is 1.38 bits per heavy atom. The number of nitrogens with one attached hydrogen (secondary N) is 1. The molecule has 0 atom stereocenters. The lowest BCUT2D eigenvalue weighted by Crippen LogP contribution is -2.34.